The third kappa shape index (κ3) is 3.24. The van der Waals surface area contributed by atoms with Crippen LogP contribution in [0.2, 0.25) is 0 Å². The molecule has 0 spiro atoms. The summed E-state index contributed by atoms with van der Waals surface area (Å²) in [6, 6.07) is 3.67. The number of hydrogen-bond acceptors (Lipinski definition) is 4. The second-order valence-electron chi connectivity index (χ2n) is 3.29. The molecule has 0 aliphatic carbocycles. The van der Waals surface area contributed by atoms with Crippen LogP contribution in [-0.4, -0.2) is 19.1 Å². The molecule has 0 aromatic carbocycles. The lowest BCUT2D eigenvalue weighted by atomic mass is 10.1. The molecule has 1 atom stereocenters. The first-order valence-electron chi connectivity index (χ1n) is 5.01. The molecular weight excluding hydrogens is 224 g/mol. The number of nitrogens with one attached hydrogen (secondary N) is 1. The summed E-state index contributed by atoms with van der Waals surface area (Å²) in [6.45, 7) is 1.94. The lowest BCUT2D eigenvalue weighted by Crippen LogP contribution is -2.33. The number of nitriles is 1. The van der Waals surface area contributed by atoms with Crippen LogP contribution in [0.4, 0.5) is 0 Å². The maximum atomic E-state index is 11.8. The number of nitrogens with zero attached hydrogens (tertiary/aromatic N) is 1. The third-order valence-corrected chi connectivity index (χ3v) is 3.11. The summed E-state index contributed by atoms with van der Waals surface area (Å²) in [5.41, 5.74) is 0. The maximum absolute atomic E-state index is 11.8. The van der Waals surface area contributed by atoms with Crippen molar-refractivity contribution in [3.8, 4) is 11.8 Å². The zero-order valence-electron chi connectivity index (χ0n) is 9.32. The summed E-state index contributed by atoms with van der Waals surface area (Å²) < 4.78 is 5.00. The fourth-order valence-corrected chi connectivity index (χ4v) is 1.97. The highest BCUT2D eigenvalue weighted by atomic mass is 32.1. The van der Waals surface area contributed by atoms with E-state index in [2.05, 4.69) is 11.4 Å². The van der Waals surface area contributed by atoms with Gasteiger partial charge in [-0.05, 0) is 6.42 Å². The molecule has 86 valence electrons. The number of hydrogen-bond donors (Lipinski definition) is 1. The van der Waals surface area contributed by atoms with Gasteiger partial charge in [0.25, 0.3) is 5.91 Å². The molecule has 0 bridgehead atoms. The first-order valence-corrected chi connectivity index (χ1v) is 5.89. The second-order valence-corrected chi connectivity index (χ2v) is 4.20. The number of amides is 1. The van der Waals surface area contributed by atoms with E-state index in [-0.39, 0.29) is 11.9 Å². The van der Waals surface area contributed by atoms with Crippen LogP contribution < -0.4 is 10.1 Å². The van der Waals surface area contributed by atoms with Crippen molar-refractivity contribution in [2.45, 2.75) is 25.8 Å². The van der Waals surface area contributed by atoms with Crippen LogP contribution in [0.5, 0.6) is 5.75 Å². The second kappa shape index (κ2) is 6.13. The monoisotopic (exact) mass is 238 g/mol. The number of carbonyl (C=O) groups is 1. The van der Waals surface area contributed by atoms with Gasteiger partial charge in [-0.15, -0.1) is 11.3 Å². The van der Waals surface area contributed by atoms with E-state index in [1.165, 1.54) is 11.3 Å². The molecule has 1 aromatic heterocycles. The van der Waals surface area contributed by atoms with E-state index in [1.807, 2.05) is 6.92 Å². The van der Waals surface area contributed by atoms with E-state index in [4.69, 9.17) is 10.00 Å². The van der Waals surface area contributed by atoms with Crippen molar-refractivity contribution in [3.63, 3.8) is 0 Å². The molecule has 1 unspecified atom stereocenters. The van der Waals surface area contributed by atoms with Gasteiger partial charge in [-0.2, -0.15) is 5.26 Å². The van der Waals surface area contributed by atoms with Gasteiger partial charge in [0.15, 0.2) is 0 Å². The van der Waals surface area contributed by atoms with Gasteiger partial charge in [0.05, 0.1) is 24.5 Å². The lowest BCUT2D eigenvalue weighted by molar-refractivity contribution is 0.0940. The van der Waals surface area contributed by atoms with E-state index in [0.29, 0.717) is 17.0 Å². The van der Waals surface area contributed by atoms with E-state index in [9.17, 15) is 4.79 Å². The Morgan fingerprint density at radius 2 is 2.50 bits per heavy atom. The predicted molar refractivity (Wildman–Crippen MR) is 62.6 cm³/mol. The van der Waals surface area contributed by atoms with Gasteiger partial charge in [-0.25, -0.2) is 0 Å². The van der Waals surface area contributed by atoms with Gasteiger partial charge in [-0.1, -0.05) is 6.92 Å². The molecule has 1 N–H and O–H groups in total. The molecule has 0 saturated heterocycles. The molecule has 0 radical (unpaired) electrons. The Bertz CT molecular complexity index is 395. The fraction of sp³-hybridized carbons (Fsp3) is 0.455. The summed E-state index contributed by atoms with van der Waals surface area (Å²) in [4.78, 5) is 12.4. The molecule has 1 aromatic rings. The highest BCUT2D eigenvalue weighted by Crippen LogP contribution is 2.21. The van der Waals surface area contributed by atoms with Gasteiger partial charge >= 0.3 is 0 Å². The fourth-order valence-electron chi connectivity index (χ4n) is 1.21. The minimum absolute atomic E-state index is 0.0782. The molecule has 1 rings (SSSR count). The van der Waals surface area contributed by atoms with Crippen molar-refractivity contribution < 1.29 is 9.53 Å². The molecule has 0 fully saturated rings. The van der Waals surface area contributed by atoms with Crippen LogP contribution in [0.25, 0.3) is 0 Å². The summed E-state index contributed by atoms with van der Waals surface area (Å²) in [7, 11) is 1.56. The van der Waals surface area contributed by atoms with Crippen LogP contribution in [0, 0.1) is 11.3 Å². The smallest absolute Gasteiger partial charge is 0.261 e. The molecule has 0 saturated carbocycles. The summed E-state index contributed by atoms with van der Waals surface area (Å²) in [5.74, 6) is 0.541. The first-order chi connectivity index (χ1) is 7.71. The quantitative estimate of drug-likeness (QED) is 0.855. The van der Waals surface area contributed by atoms with Crippen LogP contribution >= 0.6 is 11.3 Å². The Morgan fingerprint density at radius 1 is 1.75 bits per heavy atom. The normalized spacial score (nSPS) is 11.6. The van der Waals surface area contributed by atoms with E-state index < -0.39 is 0 Å². The van der Waals surface area contributed by atoms with E-state index >= 15 is 0 Å². The first kappa shape index (κ1) is 12.5. The molecular formula is C11H14N2O2S. The standard InChI is InChI=1S/C11H14N2O2S/c1-3-8(4-5-12)13-11(14)10-6-9(15-2)7-16-10/h6-8H,3-4H2,1-2H3,(H,13,14). The number of methoxy groups -OCH3 is 1. The zero-order chi connectivity index (χ0) is 12.0. The average molecular weight is 238 g/mol. The van der Waals surface area contributed by atoms with Gasteiger partial charge in [0.2, 0.25) is 0 Å². The Hall–Kier alpha value is -1.54. The molecule has 0 aliphatic heterocycles. The highest BCUT2D eigenvalue weighted by Gasteiger charge is 2.13. The molecule has 1 heterocycles. The molecule has 0 aliphatic rings. The average Bonchev–Trinajstić information content (AvgIpc) is 2.76. The van der Waals surface area contributed by atoms with Crippen LogP contribution in [0.15, 0.2) is 11.4 Å². The van der Waals surface area contributed by atoms with Crippen LogP contribution in [-0.2, 0) is 0 Å². The Kier molecular flexibility index (Phi) is 4.80. The Balaban J connectivity index is 2.61. The summed E-state index contributed by atoms with van der Waals surface area (Å²) in [6.07, 6.45) is 1.09. The van der Waals surface area contributed by atoms with Gasteiger partial charge in [-0.3, -0.25) is 4.79 Å². The SMILES string of the molecule is CCC(CC#N)NC(=O)c1cc(OC)cs1. The van der Waals surface area contributed by atoms with E-state index in [1.54, 1.807) is 18.6 Å². The molecule has 1 amide bonds. The number of ether oxygens (including phenoxy) is 1. The van der Waals surface area contributed by atoms with Crippen LogP contribution in [0.3, 0.4) is 0 Å². The number of carbonyl (C=O) groups excluding carboxylic acids is 1. The van der Waals surface area contributed by atoms with Crippen molar-refractivity contribution in [2.24, 2.45) is 0 Å². The molecule has 4 nitrogen and oxygen atoms in total. The van der Waals surface area contributed by atoms with Crippen LogP contribution in [0.1, 0.15) is 29.4 Å². The number of thiophene rings is 1. The van der Waals surface area contributed by atoms with Crippen molar-refractivity contribution >= 4 is 17.2 Å². The largest absolute Gasteiger partial charge is 0.496 e. The van der Waals surface area contributed by atoms with Crippen molar-refractivity contribution in [1.82, 2.24) is 5.32 Å². The van der Waals surface area contributed by atoms with Gasteiger partial charge in [0.1, 0.15) is 5.75 Å². The minimum atomic E-state index is -0.143. The highest BCUT2D eigenvalue weighted by molar-refractivity contribution is 7.12. The van der Waals surface area contributed by atoms with E-state index in [0.717, 1.165) is 6.42 Å². The van der Waals surface area contributed by atoms with Gasteiger partial charge < -0.3 is 10.1 Å². The Labute approximate surface area is 98.8 Å². The minimum Gasteiger partial charge on any atom is -0.496 e. The number of rotatable bonds is 5. The van der Waals surface area contributed by atoms with Gasteiger partial charge in [0, 0.05) is 17.5 Å². The lowest BCUT2D eigenvalue weighted by Gasteiger charge is -2.12. The maximum Gasteiger partial charge on any atom is 0.261 e. The Morgan fingerprint density at radius 3 is 3.00 bits per heavy atom. The summed E-state index contributed by atoms with van der Waals surface area (Å²) >= 11 is 1.33. The predicted octanol–water partition coefficient (Wildman–Crippen LogP) is 2.18. The molecule has 5 heteroatoms. The molecule has 16 heavy (non-hydrogen) atoms. The van der Waals surface area contributed by atoms with Crippen molar-refractivity contribution in [2.75, 3.05) is 7.11 Å². The van der Waals surface area contributed by atoms with Crippen molar-refractivity contribution in [1.29, 1.82) is 5.26 Å². The third-order valence-electron chi connectivity index (χ3n) is 2.20. The topological polar surface area (TPSA) is 62.1 Å². The van der Waals surface area contributed by atoms with Crippen molar-refractivity contribution in [3.05, 3.63) is 16.3 Å². The zero-order valence-corrected chi connectivity index (χ0v) is 10.1. The summed E-state index contributed by atoms with van der Waals surface area (Å²) in [5, 5.41) is 13.2.